The van der Waals surface area contributed by atoms with E-state index in [9.17, 15) is 4.79 Å². The van der Waals surface area contributed by atoms with Crippen molar-refractivity contribution < 1.29 is 14.6 Å². The number of carboxylic acid groups (broad SMARTS) is 1. The molecule has 4 heteroatoms. The summed E-state index contributed by atoms with van der Waals surface area (Å²) in [6, 6.07) is 0.231. The van der Waals surface area contributed by atoms with Crippen LogP contribution in [0.2, 0.25) is 0 Å². The van der Waals surface area contributed by atoms with Gasteiger partial charge in [-0.25, -0.2) is 0 Å². The van der Waals surface area contributed by atoms with Gasteiger partial charge in [0, 0.05) is 12.6 Å². The highest BCUT2D eigenvalue weighted by Crippen LogP contribution is 2.22. The lowest BCUT2D eigenvalue weighted by atomic mass is 9.98. The van der Waals surface area contributed by atoms with Gasteiger partial charge in [-0.05, 0) is 20.3 Å². The third-order valence-corrected chi connectivity index (χ3v) is 2.94. The van der Waals surface area contributed by atoms with Crippen molar-refractivity contribution >= 4 is 5.97 Å². The first-order chi connectivity index (χ1) is 6.50. The fraction of sp³-hybridized carbons (Fsp3) is 0.900. The van der Waals surface area contributed by atoms with Crippen LogP contribution in [0.25, 0.3) is 0 Å². The van der Waals surface area contributed by atoms with Crippen molar-refractivity contribution in [1.29, 1.82) is 0 Å². The lowest BCUT2D eigenvalue weighted by Crippen LogP contribution is -2.59. The van der Waals surface area contributed by atoms with E-state index < -0.39 is 11.5 Å². The molecule has 0 aliphatic carbocycles. The van der Waals surface area contributed by atoms with Gasteiger partial charge in [0.1, 0.15) is 5.54 Å². The van der Waals surface area contributed by atoms with E-state index in [0.29, 0.717) is 19.8 Å². The van der Waals surface area contributed by atoms with Crippen molar-refractivity contribution in [1.82, 2.24) is 4.90 Å². The standard InChI is InChI=1S/C10H19NO3/c1-4-8-7-14-6-5-11(8)10(2,3)9(12)13/h8H,4-7H2,1-3H3,(H,12,13). The zero-order chi connectivity index (χ0) is 10.8. The maximum Gasteiger partial charge on any atom is 0.323 e. The predicted molar refractivity (Wildman–Crippen MR) is 53.3 cm³/mol. The molecule has 0 aromatic rings. The van der Waals surface area contributed by atoms with E-state index in [1.54, 1.807) is 13.8 Å². The average molecular weight is 201 g/mol. The number of rotatable bonds is 3. The van der Waals surface area contributed by atoms with Gasteiger partial charge >= 0.3 is 5.97 Å². The summed E-state index contributed by atoms with van der Waals surface area (Å²) in [4.78, 5) is 13.1. The second-order valence-electron chi connectivity index (χ2n) is 4.19. The second-order valence-corrected chi connectivity index (χ2v) is 4.19. The minimum Gasteiger partial charge on any atom is -0.480 e. The van der Waals surface area contributed by atoms with Crippen LogP contribution in [0.1, 0.15) is 27.2 Å². The van der Waals surface area contributed by atoms with Crippen LogP contribution in [-0.4, -0.2) is 47.3 Å². The van der Waals surface area contributed by atoms with Crippen molar-refractivity contribution in [2.45, 2.75) is 38.8 Å². The summed E-state index contributed by atoms with van der Waals surface area (Å²) >= 11 is 0. The Labute approximate surface area is 84.8 Å². The largest absolute Gasteiger partial charge is 0.480 e. The first kappa shape index (κ1) is 11.5. The summed E-state index contributed by atoms with van der Waals surface area (Å²) in [5.41, 5.74) is -0.787. The lowest BCUT2D eigenvalue weighted by Gasteiger charge is -2.43. The Hall–Kier alpha value is -0.610. The molecule has 1 heterocycles. The van der Waals surface area contributed by atoms with Crippen LogP contribution in [0.5, 0.6) is 0 Å². The van der Waals surface area contributed by atoms with Crippen LogP contribution in [0.3, 0.4) is 0 Å². The maximum absolute atomic E-state index is 11.1. The minimum absolute atomic E-state index is 0.231. The molecule has 82 valence electrons. The molecule has 0 spiro atoms. The zero-order valence-corrected chi connectivity index (χ0v) is 9.12. The quantitative estimate of drug-likeness (QED) is 0.739. The molecule has 14 heavy (non-hydrogen) atoms. The van der Waals surface area contributed by atoms with Crippen molar-refractivity contribution in [2.75, 3.05) is 19.8 Å². The highest BCUT2D eigenvalue weighted by atomic mass is 16.5. The van der Waals surface area contributed by atoms with Crippen molar-refractivity contribution in [3.8, 4) is 0 Å². The fourth-order valence-corrected chi connectivity index (χ4v) is 1.85. The van der Waals surface area contributed by atoms with Crippen LogP contribution in [0, 0.1) is 0 Å². The Morgan fingerprint density at radius 2 is 2.29 bits per heavy atom. The number of aliphatic carboxylic acids is 1. The molecular formula is C10H19NO3. The normalized spacial score (nSPS) is 24.9. The number of hydrogen-bond acceptors (Lipinski definition) is 3. The summed E-state index contributed by atoms with van der Waals surface area (Å²) in [5, 5.41) is 9.12. The molecule has 4 nitrogen and oxygen atoms in total. The van der Waals surface area contributed by atoms with E-state index in [1.807, 2.05) is 4.90 Å². The summed E-state index contributed by atoms with van der Waals surface area (Å²) in [6.45, 7) is 7.55. The minimum atomic E-state index is -0.787. The van der Waals surface area contributed by atoms with Crippen molar-refractivity contribution in [3.63, 3.8) is 0 Å². The monoisotopic (exact) mass is 201 g/mol. The van der Waals surface area contributed by atoms with Crippen molar-refractivity contribution in [3.05, 3.63) is 0 Å². The van der Waals surface area contributed by atoms with Crippen molar-refractivity contribution in [2.24, 2.45) is 0 Å². The molecule has 1 aliphatic heterocycles. The summed E-state index contributed by atoms with van der Waals surface area (Å²) in [7, 11) is 0. The van der Waals surface area contributed by atoms with Gasteiger partial charge in [0.25, 0.3) is 0 Å². The van der Waals surface area contributed by atoms with E-state index in [0.717, 1.165) is 6.42 Å². The van der Waals surface area contributed by atoms with Gasteiger partial charge in [0.2, 0.25) is 0 Å². The Balaban J connectivity index is 2.77. The Kier molecular flexibility index (Phi) is 3.50. The third kappa shape index (κ3) is 2.07. The average Bonchev–Trinajstić information content (AvgIpc) is 2.17. The molecule has 1 saturated heterocycles. The third-order valence-electron chi connectivity index (χ3n) is 2.94. The molecule has 0 bridgehead atoms. The number of morpholine rings is 1. The molecule has 0 aromatic heterocycles. The van der Waals surface area contributed by atoms with E-state index in [4.69, 9.17) is 9.84 Å². The summed E-state index contributed by atoms with van der Waals surface area (Å²) < 4.78 is 5.34. The molecule has 0 amide bonds. The smallest absolute Gasteiger partial charge is 0.323 e. The summed E-state index contributed by atoms with van der Waals surface area (Å²) in [6.07, 6.45) is 0.927. The molecule has 1 fully saturated rings. The van der Waals surface area contributed by atoms with Crippen LogP contribution < -0.4 is 0 Å². The van der Waals surface area contributed by atoms with E-state index in [1.165, 1.54) is 0 Å². The highest BCUT2D eigenvalue weighted by Gasteiger charge is 2.39. The van der Waals surface area contributed by atoms with Crippen LogP contribution in [0.15, 0.2) is 0 Å². The SMILES string of the molecule is CCC1COCCN1C(C)(C)C(=O)O. The van der Waals surface area contributed by atoms with Crippen LogP contribution in [-0.2, 0) is 9.53 Å². The summed E-state index contributed by atoms with van der Waals surface area (Å²) in [5.74, 6) is -0.766. The number of nitrogens with zero attached hydrogens (tertiary/aromatic N) is 1. The number of ether oxygens (including phenoxy) is 1. The molecular weight excluding hydrogens is 182 g/mol. The first-order valence-corrected chi connectivity index (χ1v) is 5.08. The van der Waals surface area contributed by atoms with Gasteiger partial charge in [-0.2, -0.15) is 0 Å². The molecule has 1 aliphatic rings. The van der Waals surface area contributed by atoms with Gasteiger partial charge in [0.05, 0.1) is 13.2 Å². The maximum atomic E-state index is 11.1. The first-order valence-electron chi connectivity index (χ1n) is 5.08. The topological polar surface area (TPSA) is 49.8 Å². The van der Waals surface area contributed by atoms with E-state index >= 15 is 0 Å². The Morgan fingerprint density at radius 1 is 1.64 bits per heavy atom. The predicted octanol–water partition coefficient (Wildman–Crippen LogP) is 0.960. The molecule has 0 aromatic carbocycles. The van der Waals surface area contributed by atoms with E-state index in [2.05, 4.69) is 6.92 Å². The van der Waals surface area contributed by atoms with Gasteiger partial charge in [-0.1, -0.05) is 6.92 Å². The highest BCUT2D eigenvalue weighted by molar-refractivity contribution is 5.77. The second kappa shape index (κ2) is 4.28. The molecule has 1 rings (SSSR count). The number of carboxylic acids is 1. The fourth-order valence-electron chi connectivity index (χ4n) is 1.85. The number of hydrogen-bond donors (Lipinski definition) is 1. The van der Waals surface area contributed by atoms with Gasteiger partial charge in [-0.3, -0.25) is 9.69 Å². The van der Waals surface area contributed by atoms with Crippen LogP contribution in [0.4, 0.5) is 0 Å². The van der Waals surface area contributed by atoms with E-state index in [-0.39, 0.29) is 6.04 Å². The molecule has 0 radical (unpaired) electrons. The van der Waals surface area contributed by atoms with Gasteiger partial charge < -0.3 is 9.84 Å². The zero-order valence-electron chi connectivity index (χ0n) is 9.12. The van der Waals surface area contributed by atoms with Gasteiger partial charge in [0.15, 0.2) is 0 Å². The molecule has 1 unspecified atom stereocenters. The van der Waals surface area contributed by atoms with Crippen LogP contribution >= 0.6 is 0 Å². The van der Waals surface area contributed by atoms with Gasteiger partial charge in [-0.15, -0.1) is 0 Å². The molecule has 1 N–H and O–H groups in total. The molecule has 0 saturated carbocycles. The lowest BCUT2D eigenvalue weighted by molar-refractivity contribution is -0.156. The Bertz CT molecular complexity index is 215. The Morgan fingerprint density at radius 3 is 2.79 bits per heavy atom. The number of carbonyl (C=O) groups is 1. The molecule has 1 atom stereocenters.